The fourth-order valence-corrected chi connectivity index (χ4v) is 4.20. The number of carbonyl (C=O) groups is 2. The van der Waals surface area contributed by atoms with Crippen molar-refractivity contribution in [2.75, 3.05) is 5.32 Å². The Morgan fingerprint density at radius 1 is 1.29 bits per heavy atom. The molecule has 112 valence electrons. The summed E-state index contributed by atoms with van der Waals surface area (Å²) in [5.74, 6) is 0.774. The molecule has 3 rings (SSSR count). The second-order valence-corrected chi connectivity index (χ2v) is 7.26. The molecule has 2 saturated carbocycles. The second-order valence-electron chi connectivity index (χ2n) is 7.26. The van der Waals surface area contributed by atoms with Crippen molar-refractivity contribution in [2.45, 2.75) is 47.0 Å². The third-order valence-electron chi connectivity index (χ3n) is 6.38. The number of fused-ring (bicyclic) bond motifs is 2. The van der Waals surface area contributed by atoms with Crippen molar-refractivity contribution in [1.29, 1.82) is 0 Å². The lowest BCUT2D eigenvalue weighted by atomic mass is 9.64. The molecule has 1 aromatic heterocycles. The summed E-state index contributed by atoms with van der Waals surface area (Å²) in [7, 11) is 0. The van der Waals surface area contributed by atoms with Crippen molar-refractivity contribution in [3.05, 3.63) is 23.9 Å². The van der Waals surface area contributed by atoms with E-state index in [2.05, 4.69) is 24.1 Å². The van der Waals surface area contributed by atoms with Gasteiger partial charge in [-0.05, 0) is 36.8 Å². The zero-order chi connectivity index (χ0) is 15.5. The lowest BCUT2D eigenvalue weighted by Crippen LogP contribution is -2.43. The summed E-state index contributed by atoms with van der Waals surface area (Å²) in [6, 6.07) is 3.77. The summed E-state index contributed by atoms with van der Waals surface area (Å²) in [6.07, 6.45) is 3.60. The maximum atomic E-state index is 12.9. The van der Waals surface area contributed by atoms with Crippen LogP contribution in [0.25, 0.3) is 0 Å². The minimum Gasteiger partial charge on any atom is -0.310 e. The molecule has 4 heteroatoms. The Morgan fingerprint density at radius 2 is 2.00 bits per heavy atom. The predicted molar refractivity (Wildman–Crippen MR) is 80.8 cm³/mol. The first-order valence-electron chi connectivity index (χ1n) is 7.51. The zero-order valence-electron chi connectivity index (χ0n) is 13.1. The molecular weight excluding hydrogens is 264 g/mol. The average molecular weight is 286 g/mol. The van der Waals surface area contributed by atoms with Crippen molar-refractivity contribution in [3.8, 4) is 0 Å². The SMILES string of the molecule is Cc1cccnc1NC(=O)[C@]12CC[C@@](C)(C(=O)C1)C2(C)C. The largest absolute Gasteiger partial charge is 0.310 e. The van der Waals surface area contributed by atoms with Crippen LogP contribution >= 0.6 is 0 Å². The molecule has 0 aliphatic heterocycles. The Balaban J connectivity index is 1.96. The third kappa shape index (κ3) is 1.59. The number of ketones is 1. The van der Waals surface area contributed by atoms with Gasteiger partial charge < -0.3 is 5.32 Å². The smallest absolute Gasteiger partial charge is 0.232 e. The van der Waals surface area contributed by atoms with Gasteiger partial charge in [-0.2, -0.15) is 0 Å². The number of nitrogens with one attached hydrogen (secondary N) is 1. The van der Waals surface area contributed by atoms with Crippen LogP contribution in [0.3, 0.4) is 0 Å². The van der Waals surface area contributed by atoms with Crippen LogP contribution in [0.4, 0.5) is 5.82 Å². The van der Waals surface area contributed by atoms with Gasteiger partial charge in [0, 0.05) is 18.0 Å². The molecule has 1 aromatic rings. The number of pyridine rings is 1. The number of aromatic nitrogens is 1. The molecule has 4 nitrogen and oxygen atoms in total. The van der Waals surface area contributed by atoms with Crippen LogP contribution in [-0.2, 0) is 9.59 Å². The third-order valence-corrected chi connectivity index (χ3v) is 6.38. The van der Waals surface area contributed by atoms with Crippen molar-refractivity contribution < 1.29 is 9.59 Å². The van der Waals surface area contributed by atoms with E-state index in [1.165, 1.54) is 0 Å². The Bertz CT molecular complexity index is 637. The van der Waals surface area contributed by atoms with Crippen LogP contribution < -0.4 is 5.32 Å². The van der Waals surface area contributed by atoms with Crippen LogP contribution in [0.2, 0.25) is 0 Å². The quantitative estimate of drug-likeness (QED) is 0.908. The summed E-state index contributed by atoms with van der Waals surface area (Å²) in [5, 5.41) is 2.96. The molecule has 0 saturated heterocycles. The van der Waals surface area contributed by atoms with Gasteiger partial charge in [0.1, 0.15) is 11.6 Å². The highest BCUT2D eigenvalue weighted by Crippen LogP contribution is 2.70. The van der Waals surface area contributed by atoms with Crippen LogP contribution in [0.15, 0.2) is 18.3 Å². The average Bonchev–Trinajstić information content (AvgIpc) is 2.72. The normalized spacial score (nSPS) is 33.2. The van der Waals surface area contributed by atoms with Gasteiger partial charge in [-0.3, -0.25) is 9.59 Å². The minimum atomic E-state index is -0.594. The molecule has 2 aliphatic rings. The summed E-state index contributed by atoms with van der Waals surface area (Å²) in [5.41, 5.74) is -0.346. The number of Topliss-reactive ketones (excluding diaryl/α,β-unsaturated/α-hetero) is 1. The molecule has 0 unspecified atom stereocenters. The Morgan fingerprint density at radius 3 is 2.52 bits per heavy atom. The molecule has 0 radical (unpaired) electrons. The number of amides is 1. The molecule has 2 aliphatic carbocycles. The topological polar surface area (TPSA) is 59.1 Å². The minimum absolute atomic E-state index is 0.0520. The highest BCUT2D eigenvalue weighted by atomic mass is 16.2. The molecule has 2 fully saturated rings. The first-order chi connectivity index (χ1) is 9.74. The second kappa shape index (κ2) is 4.15. The van der Waals surface area contributed by atoms with Crippen LogP contribution in [0.5, 0.6) is 0 Å². The molecule has 2 atom stereocenters. The number of nitrogens with zero attached hydrogens (tertiary/aromatic N) is 1. The van der Waals surface area contributed by atoms with E-state index in [1.807, 2.05) is 26.0 Å². The highest BCUT2D eigenvalue weighted by molar-refractivity contribution is 6.04. The highest BCUT2D eigenvalue weighted by Gasteiger charge is 2.72. The van der Waals surface area contributed by atoms with E-state index in [9.17, 15) is 9.59 Å². The summed E-state index contributed by atoms with van der Waals surface area (Å²) in [6.45, 7) is 8.07. The van der Waals surface area contributed by atoms with Gasteiger partial charge in [0.05, 0.1) is 5.41 Å². The maximum Gasteiger partial charge on any atom is 0.232 e. The fraction of sp³-hybridized carbons (Fsp3) is 0.588. The first-order valence-corrected chi connectivity index (χ1v) is 7.51. The van der Waals surface area contributed by atoms with Crippen molar-refractivity contribution in [1.82, 2.24) is 4.98 Å². The van der Waals surface area contributed by atoms with Crippen molar-refractivity contribution in [2.24, 2.45) is 16.2 Å². The van der Waals surface area contributed by atoms with Gasteiger partial charge in [0.15, 0.2) is 0 Å². The lowest BCUT2D eigenvalue weighted by Gasteiger charge is -2.38. The summed E-state index contributed by atoms with van der Waals surface area (Å²) >= 11 is 0. The number of carbonyl (C=O) groups excluding carboxylic acids is 2. The number of rotatable bonds is 2. The summed E-state index contributed by atoms with van der Waals surface area (Å²) in [4.78, 5) is 29.6. The first kappa shape index (κ1) is 14.2. The molecule has 1 heterocycles. The van der Waals surface area contributed by atoms with Gasteiger partial charge >= 0.3 is 0 Å². The van der Waals surface area contributed by atoms with E-state index in [0.29, 0.717) is 12.2 Å². The van der Waals surface area contributed by atoms with Crippen molar-refractivity contribution >= 4 is 17.5 Å². The Labute approximate surface area is 125 Å². The molecule has 1 N–H and O–H groups in total. The Kier molecular flexibility index (Phi) is 2.81. The fourth-order valence-electron chi connectivity index (χ4n) is 4.20. The maximum absolute atomic E-state index is 12.9. The van der Waals surface area contributed by atoms with E-state index >= 15 is 0 Å². The molecule has 1 amide bonds. The zero-order valence-corrected chi connectivity index (χ0v) is 13.1. The number of hydrogen-bond acceptors (Lipinski definition) is 3. The Hall–Kier alpha value is -1.71. The molecule has 0 spiro atoms. The van der Waals surface area contributed by atoms with Crippen LogP contribution in [0.1, 0.15) is 45.6 Å². The molecule has 2 bridgehead atoms. The van der Waals surface area contributed by atoms with E-state index in [-0.39, 0.29) is 22.5 Å². The van der Waals surface area contributed by atoms with E-state index < -0.39 is 5.41 Å². The standard InChI is InChI=1S/C17H22N2O2/c1-11-6-5-9-18-13(11)19-14(21)17-8-7-16(4,12(20)10-17)15(17,2)3/h5-6,9H,7-8,10H2,1-4H3,(H,18,19,21)/t16-,17-/m0/s1. The number of hydrogen-bond donors (Lipinski definition) is 1. The number of anilines is 1. The van der Waals surface area contributed by atoms with Gasteiger partial charge in [0.2, 0.25) is 5.91 Å². The van der Waals surface area contributed by atoms with E-state index in [1.54, 1.807) is 6.20 Å². The van der Waals surface area contributed by atoms with Gasteiger partial charge in [-0.1, -0.05) is 26.8 Å². The van der Waals surface area contributed by atoms with Gasteiger partial charge in [-0.25, -0.2) is 4.98 Å². The van der Waals surface area contributed by atoms with Crippen molar-refractivity contribution in [3.63, 3.8) is 0 Å². The molecular formula is C17H22N2O2. The lowest BCUT2D eigenvalue weighted by molar-refractivity contribution is -0.131. The van der Waals surface area contributed by atoms with Crippen LogP contribution in [-0.4, -0.2) is 16.7 Å². The van der Waals surface area contributed by atoms with E-state index in [0.717, 1.165) is 18.4 Å². The van der Waals surface area contributed by atoms with Gasteiger partial charge in [-0.15, -0.1) is 0 Å². The predicted octanol–water partition coefficient (Wildman–Crippen LogP) is 3.11. The monoisotopic (exact) mass is 286 g/mol. The number of aryl methyl sites for hydroxylation is 1. The van der Waals surface area contributed by atoms with Crippen LogP contribution in [0, 0.1) is 23.2 Å². The molecule has 21 heavy (non-hydrogen) atoms. The molecule has 0 aromatic carbocycles. The summed E-state index contributed by atoms with van der Waals surface area (Å²) < 4.78 is 0. The van der Waals surface area contributed by atoms with Gasteiger partial charge in [0.25, 0.3) is 0 Å². The van der Waals surface area contributed by atoms with E-state index in [4.69, 9.17) is 0 Å².